The van der Waals surface area contributed by atoms with Gasteiger partial charge in [-0.3, -0.25) is 49.1 Å². The number of unbranched alkanes of at least 4 members (excludes halogenated alkanes) is 1. The lowest BCUT2D eigenvalue weighted by molar-refractivity contribution is -0.155. The summed E-state index contributed by atoms with van der Waals surface area (Å²) in [5, 5.41) is 4.36. The highest BCUT2D eigenvalue weighted by Crippen LogP contribution is 2.33. The number of ether oxygens (including phenoxy) is 1. The number of rotatable bonds is 11. The molecule has 2 atom stereocenters. The van der Waals surface area contributed by atoms with Gasteiger partial charge in [0.1, 0.15) is 0 Å². The molecule has 0 bridgehead atoms. The molecule has 2 unspecified atom stereocenters. The molecular weight excluding hydrogens is 562 g/mol. The fraction of sp³-hybridized carbons (Fsp3) is 0.517. The summed E-state index contributed by atoms with van der Waals surface area (Å²) >= 11 is 0. The van der Waals surface area contributed by atoms with Crippen molar-refractivity contribution in [3.63, 3.8) is 0 Å². The molecule has 3 heterocycles. The zero-order valence-corrected chi connectivity index (χ0v) is 24.0. The highest BCUT2D eigenvalue weighted by Gasteiger charge is 2.53. The Morgan fingerprint density at radius 3 is 2.07 bits per heavy atom. The van der Waals surface area contributed by atoms with Gasteiger partial charge < -0.3 is 14.5 Å². The molecule has 2 N–H and O–H groups in total. The van der Waals surface area contributed by atoms with Crippen molar-refractivity contribution in [3.8, 4) is 0 Å². The number of urea groups is 1. The van der Waals surface area contributed by atoms with Crippen molar-refractivity contribution >= 4 is 47.4 Å². The van der Waals surface area contributed by atoms with Gasteiger partial charge in [0.15, 0.2) is 11.5 Å². The van der Waals surface area contributed by atoms with E-state index in [0.29, 0.717) is 44.6 Å². The molecule has 14 nitrogen and oxygen atoms in total. The Kier molecular flexibility index (Phi) is 9.88. The number of piperazine rings is 1. The van der Waals surface area contributed by atoms with E-state index in [1.54, 1.807) is 47.1 Å². The molecule has 3 aliphatic heterocycles. The van der Waals surface area contributed by atoms with E-state index in [4.69, 9.17) is 4.74 Å². The van der Waals surface area contributed by atoms with Gasteiger partial charge in [-0.15, -0.1) is 0 Å². The smallest absolute Gasteiger partial charge is 0.330 e. The van der Waals surface area contributed by atoms with E-state index in [0.717, 1.165) is 4.90 Å². The summed E-state index contributed by atoms with van der Waals surface area (Å²) in [5.41, 5.74) is -0.976. The normalized spacial score (nSPS) is 22.4. The molecule has 3 fully saturated rings. The van der Waals surface area contributed by atoms with Crippen LogP contribution in [0.2, 0.25) is 0 Å². The van der Waals surface area contributed by atoms with Crippen molar-refractivity contribution in [1.29, 1.82) is 0 Å². The van der Waals surface area contributed by atoms with Crippen molar-refractivity contribution < 1.29 is 43.1 Å². The second-order valence-corrected chi connectivity index (χ2v) is 10.7. The molecule has 43 heavy (non-hydrogen) atoms. The second-order valence-electron chi connectivity index (χ2n) is 10.7. The number of hydrogen-bond donors (Lipinski definition) is 2. The van der Waals surface area contributed by atoms with Crippen LogP contribution < -0.4 is 10.6 Å². The third-order valence-corrected chi connectivity index (χ3v) is 8.01. The molecule has 1 aromatic rings. The van der Waals surface area contributed by atoms with Crippen molar-refractivity contribution in [2.45, 2.75) is 63.4 Å². The summed E-state index contributed by atoms with van der Waals surface area (Å²) in [5.74, 6) is -3.54. The van der Waals surface area contributed by atoms with Crippen LogP contribution in [0, 0.1) is 0 Å². The second kappa shape index (κ2) is 13.6. The number of barbiturate groups is 1. The number of nitrogens with zero attached hydrogens (tertiary/aromatic N) is 3. The predicted octanol–water partition coefficient (Wildman–Crippen LogP) is -0.00760. The van der Waals surface area contributed by atoms with Crippen LogP contribution in [0.5, 0.6) is 0 Å². The maximum Gasteiger partial charge on any atom is 0.330 e. The van der Waals surface area contributed by atoms with Gasteiger partial charge in [0, 0.05) is 45.6 Å². The van der Waals surface area contributed by atoms with Gasteiger partial charge in [-0.25, -0.2) is 4.79 Å². The van der Waals surface area contributed by atoms with Crippen molar-refractivity contribution in [3.05, 3.63) is 35.9 Å². The number of esters is 1. The zero-order chi connectivity index (χ0) is 31.1. The Labute approximate surface area is 248 Å². The minimum Gasteiger partial charge on any atom is -0.452 e. The van der Waals surface area contributed by atoms with Crippen molar-refractivity contribution in [2.75, 3.05) is 32.7 Å². The summed E-state index contributed by atoms with van der Waals surface area (Å²) < 4.78 is 4.96. The molecule has 0 radical (unpaired) electrons. The van der Waals surface area contributed by atoms with Gasteiger partial charge in [-0.2, -0.15) is 0 Å². The molecule has 8 amide bonds. The standard InChI is InChI=1S/C29H35N5O9/c1-2-29(19-8-4-3-5-9-19)26(40)31-28(42)34(27(29)41)13-7-6-10-22(36)32-14-16-33(17-15-32)23(37)11-12-24(38)43-20-18-21(35)30-25(20)39/h3-5,8-9,20H,2,6-7,10-18H2,1H3,(H,30,35,39)(H,31,40,42). The van der Waals surface area contributed by atoms with Gasteiger partial charge in [0.2, 0.25) is 23.6 Å². The van der Waals surface area contributed by atoms with E-state index in [-0.39, 0.29) is 50.5 Å². The lowest BCUT2D eigenvalue weighted by Gasteiger charge is -2.39. The number of amides is 8. The first-order valence-corrected chi connectivity index (χ1v) is 14.4. The monoisotopic (exact) mass is 597 g/mol. The van der Waals surface area contributed by atoms with E-state index in [1.807, 2.05) is 5.32 Å². The largest absolute Gasteiger partial charge is 0.452 e. The van der Waals surface area contributed by atoms with E-state index >= 15 is 0 Å². The predicted molar refractivity (Wildman–Crippen MR) is 148 cm³/mol. The molecule has 3 saturated heterocycles. The Balaban J connectivity index is 1.17. The van der Waals surface area contributed by atoms with Crippen LogP contribution in [0.3, 0.4) is 0 Å². The lowest BCUT2D eigenvalue weighted by atomic mass is 9.74. The first-order valence-electron chi connectivity index (χ1n) is 14.4. The third-order valence-electron chi connectivity index (χ3n) is 8.01. The first-order chi connectivity index (χ1) is 20.6. The lowest BCUT2D eigenvalue weighted by Crippen LogP contribution is -2.65. The Morgan fingerprint density at radius 1 is 0.860 bits per heavy atom. The quantitative estimate of drug-likeness (QED) is 0.154. The SMILES string of the molecule is CCC1(c2ccccc2)C(=O)NC(=O)N(CCCCC(=O)N2CCN(C(=O)CCC(=O)OC3CC(=O)NC3=O)CC2)C1=O. The van der Waals surface area contributed by atoms with E-state index < -0.39 is 47.1 Å². The minimum atomic E-state index is -1.49. The van der Waals surface area contributed by atoms with Crippen LogP contribution in [0.25, 0.3) is 0 Å². The molecule has 0 aromatic heterocycles. The van der Waals surface area contributed by atoms with Gasteiger partial charge >= 0.3 is 12.0 Å². The maximum absolute atomic E-state index is 13.4. The molecular formula is C29H35N5O9. The molecule has 0 aliphatic carbocycles. The van der Waals surface area contributed by atoms with E-state index in [1.165, 1.54) is 0 Å². The molecule has 230 valence electrons. The molecule has 3 aliphatic rings. The summed E-state index contributed by atoms with van der Waals surface area (Å²) in [4.78, 5) is 103. The zero-order valence-electron chi connectivity index (χ0n) is 24.0. The van der Waals surface area contributed by atoms with Gasteiger partial charge in [0.05, 0.1) is 12.8 Å². The van der Waals surface area contributed by atoms with Crippen molar-refractivity contribution in [2.24, 2.45) is 0 Å². The van der Waals surface area contributed by atoms with Crippen LogP contribution in [0.4, 0.5) is 4.79 Å². The maximum atomic E-state index is 13.4. The number of carbonyl (C=O) groups is 8. The van der Waals surface area contributed by atoms with Crippen LogP contribution in [0.15, 0.2) is 30.3 Å². The Bertz CT molecular complexity index is 1310. The summed E-state index contributed by atoms with van der Waals surface area (Å²) in [7, 11) is 0. The number of hydrogen-bond acceptors (Lipinski definition) is 9. The molecule has 0 spiro atoms. The van der Waals surface area contributed by atoms with E-state index in [9.17, 15) is 38.4 Å². The fourth-order valence-electron chi connectivity index (χ4n) is 5.51. The molecule has 14 heteroatoms. The van der Waals surface area contributed by atoms with Crippen molar-refractivity contribution in [1.82, 2.24) is 25.3 Å². The third kappa shape index (κ3) is 6.89. The summed E-state index contributed by atoms with van der Waals surface area (Å²) in [6.07, 6.45) is -0.570. The average molecular weight is 598 g/mol. The van der Waals surface area contributed by atoms with E-state index in [2.05, 4.69) is 5.32 Å². The van der Waals surface area contributed by atoms with Crippen LogP contribution in [-0.2, 0) is 43.7 Å². The van der Waals surface area contributed by atoms with Gasteiger partial charge in [-0.05, 0) is 24.8 Å². The Hall–Kier alpha value is -4.62. The minimum absolute atomic E-state index is 0.0618. The summed E-state index contributed by atoms with van der Waals surface area (Å²) in [6.45, 7) is 3.03. The average Bonchev–Trinajstić information content (AvgIpc) is 3.31. The van der Waals surface area contributed by atoms with Crippen LogP contribution >= 0.6 is 0 Å². The number of benzene rings is 1. The number of nitrogens with one attached hydrogen (secondary N) is 2. The summed E-state index contributed by atoms with van der Waals surface area (Å²) in [6, 6.07) is 7.86. The molecule has 1 aromatic carbocycles. The number of carbonyl (C=O) groups excluding carboxylic acids is 8. The number of imide groups is 3. The van der Waals surface area contributed by atoms with Crippen LogP contribution in [0.1, 0.15) is 57.4 Å². The topological polar surface area (TPSA) is 180 Å². The molecule has 0 saturated carbocycles. The van der Waals surface area contributed by atoms with Gasteiger partial charge in [-0.1, -0.05) is 37.3 Å². The highest BCUT2D eigenvalue weighted by molar-refractivity contribution is 6.22. The fourth-order valence-corrected chi connectivity index (χ4v) is 5.51. The van der Waals surface area contributed by atoms with Gasteiger partial charge in [0.25, 0.3) is 11.8 Å². The highest BCUT2D eigenvalue weighted by atomic mass is 16.5. The molecule has 4 rings (SSSR count). The van der Waals surface area contributed by atoms with Crippen LogP contribution in [-0.4, -0.2) is 101 Å². The first kappa shape index (κ1) is 31.3. The Morgan fingerprint density at radius 2 is 1.49 bits per heavy atom.